The number of ether oxygens (including phenoxy) is 1. The summed E-state index contributed by atoms with van der Waals surface area (Å²) in [6, 6.07) is 4.55. The van der Waals surface area contributed by atoms with Gasteiger partial charge in [0.15, 0.2) is 0 Å². The zero-order valence-electron chi connectivity index (χ0n) is 10.1. The Labute approximate surface area is 115 Å². The fraction of sp³-hybridized carbons (Fsp3) is 0.333. The quantitative estimate of drug-likeness (QED) is 0.747. The van der Waals surface area contributed by atoms with E-state index in [1.807, 2.05) is 0 Å². The topological polar surface area (TPSA) is 93.5 Å². The van der Waals surface area contributed by atoms with Gasteiger partial charge in [-0.25, -0.2) is 0 Å². The highest BCUT2D eigenvalue weighted by Gasteiger charge is 2.22. The molecular weight excluding hydrogens is 270 g/mol. The number of amides is 2. The smallest absolute Gasteiger partial charge is 0.254 e. The van der Waals surface area contributed by atoms with Crippen LogP contribution in [-0.2, 0) is 9.53 Å². The number of hydrogen-bond acceptors (Lipinski definition) is 4. The summed E-state index contributed by atoms with van der Waals surface area (Å²) in [5.74, 6) is -0.915. The first-order chi connectivity index (χ1) is 9.08. The second-order valence-electron chi connectivity index (χ2n) is 4.11. The van der Waals surface area contributed by atoms with Crippen LogP contribution in [0.15, 0.2) is 18.2 Å². The van der Waals surface area contributed by atoms with Crippen molar-refractivity contribution in [1.82, 2.24) is 5.32 Å². The summed E-state index contributed by atoms with van der Waals surface area (Å²) < 4.78 is 5.32. The first-order valence-corrected chi connectivity index (χ1v) is 6.18. The Balaban J connectivity index is 2.08. The second-order valence-corrected chi connectivity index (χ2v) is 4.52. The van der Waals surface area contributed by atoms with E-state index in [9.17, 15) is 9.59 Å². The largest absolute Gasteiger partial charge is 0.366 e. The second kappa shape index (κ2) is 6.01. The third kappa shape index (κ3) is 3.44. The number of benzene rings is 1. The van der Waals surface area contributed by atoms with Gasteiger partial charge in [0, 0.05) is 18.8 Å². The number of nitrogens with one attached hydrogen (secondary N) is 2. The highest BCUT2D eigenvalue weighted by molar-refractivity contribution is 6.34. The molecule has 0 aliphatic carbocycles. The molecule has 6 nitrogen and oxygen atoms in total. The maximum atomic E-state index is 11.9. The summed E-state index contributed by atoms with van der Waals surface area (Å²) >= 11 is 5.83. The van der Waals surface area contributed by atoms with Gasteiger partial charge in [-0.05, 0) is 18.2 Å². The van der Waals surface area contributed by atoms with Crippen molar-refractivity contribution in [2.24, 2.45) is 5.73 Å². The van der Waals surface area contributed by atoms with Crippen molar-refractivity contribution >= 4 is 29.1 Å². The molecule has 1 atom stereocenters. The first kappa shape index (κ1) is 13.8. The fourth-order valence-corrected chi connectivity index (χ4v) is 1.96. The number of carbonyl (C=O) groups excluding carboxylic acids is 2. The molecule has 0 spiro atoms. The molecule has 102 valence electrons. The predicted octanol–water partition coefficient (Wildman–Crippen LogP) is 0.366. The monoisotopic (exact) mass is 283 g/mol. The van der Waals surface area contributed by atoms with Crippen LogP contribution in [0.2, 0.25) is 5.02 Å². The molecule has 1 aromatic rings. The number of anilines is 1. The number of morpholine rings is 1. The lowest BCUT2D eigenvalue weighted by Crippen LogP contribution is -2.45. The minimum absolute atomic E-state index is 0.169. The Morgan fingerprint density at radius 1 is 1.47 bits per heavy atom. The van der Waals surface area contributed by atoms with E-state index in [0.29, 0.717) is 18.8 Å². The Bertz CT molecular complexity index is 501. The molecule has 1 fully saturated rings. The van der Waals surface area contributed by atoms with Crippen LogP contribution in [0.25, 0.3) is 0 Å². The average Bonchev–Trinajstić information content (AvgIpc) is 2.41. The third-order valence-electron chi connectivity index (χ3n) is 2.72. The number of halogens is 1. The van der Waals surface area contributed by atoms with Gasteiger partial charge in [-0.2, -0.15) is 0 Å². The van der Waals surface area contributed by atoms with Crippen molar-refractivity contribution in [3.63, 3.8) is 0 Å². The molecule has 0 saturated carbocycles. The van der Waals surface area contributed by atoms with E-state index in [-0.39, 0.29) is 16.5 Å². The highest BCUT2D eigenvalue weighted by atomic mass is 35.5. The molecule has 0 bridgehead atoms. The molecule has 1 aliphatic rings. The van der Waals surface area contributed by atoms with Crippen molar-refractivity contribution in [3.05, 3.63) is 28.8 Å². The molecule has 19 heavy (non-hydrogen) atoms. The van der Waals surface area contributed by atoms with E-state index < -0.39 is 12.0 Å². The lowest BCUT2D eigenvalue weighted by molar-refractivity contribution is -0.128. The van der Waals surface area contributed by atoms with Gasteiger partial charge >= 0.3 is 0 Å². The van der Waals surface area contributed by atoms with Crippen LogP contribution in [0.1, 0.15) is 10.4 Å². The van der Waals surface area contributed by atoms with E-state index in [1.165, 1.54) is 12.1 Å². The Hall–Kier alpha value is -1.63. The summed E-state index contributed by atoms with van der Waals surface area (Å²) in [7, 11) is 0. The zero-order valence-corrected chi connectivity index (χ0v) is 10.9. The molecular formula is C12H14ClN3O3. The van der Waals surface area contributed by atoms with Crippen molar-refractivity contribution < 1.29 is 14.3 Å². The molecule has 0 radical (unpaired) electrons. The standard InChI is InChI=1S/C12H14ClN3O3/c13-9-2-1-7(5-8(9)11(14)17)16-12(18)10-6-15-3-4-19-10/h1-2,5,10,15H,3-4,6H2,(H2,14,17)(H,16,18). The highest BCUT2D eigenvalue weighted by Crippen LogP contribution is 2.20. The van der Waals surface area contributed by atoms with E-state index >= 15 is 0 Å². The summed E-state index contributed by atoms with van der Waals surface area (Å²) in [5, 5.41) is 5.97. The first-order valence-electron chi connectivity index (χ1n) is 5.80. The zero-order chi connectivity index (χ0) is 13.8. The van der Waals surface area contributed by atoms with E-state index in [0.717, 1.165) is 6.54 Å². The van der Waals surface area contributed by atoms with Gasteiger partial charge in [-0.1, -0.05) is 11.6 Å². The van der Waals surface area contributed by atoms with Crippen LogP contribution < -0.4 is 16.4 Å². The summed E-state index contributed by atoms with van der Waals surface area (Å²) in [5.41, 5.74) is 5.81. The van der Waals surface area contributed by atoms with Crippen molar-refractivity contribution in [2.75, 3.05) is 25.0 Å². The minimum atomic E-state index is -0.642. The predicted molar refractivity (Wildman–Crippen MR) is 71.2 cm³/mol. The summed E-state index contributed by atoms with van der Waals surface area (Å²) in [6.07, 6.45) is -0.540. The van der Waals surface area contributed by atoms with Gasteiger partial charge in [-0.3, -0.25) is 9.59 Å². The van der Waals surface area contributed by atoms with Crippen LogP contribution >= 0.6 is 11.6 Å². The molecule has 1 aliphatic heterocycles. The number of carbonyl (C=O) groups is 2. The molecule has 0 aromatic heterocycles. The van der Waals surface area contributed by atoms with Crippen molar-refractivity contribution in [2.45, 2.75) is 6.10 Å². The molecule has 4 N–H and O–H groups in total. The van der Waals surface area contributed by atoms with Crippen LogP contribution in [0.5, 0.6) is 0 Å². The van der Waals surface area contributed by atoms with Crippen LogP contribution in [0.3, 0.4) is 0 Å². The number of hydrogen-bond donors (Lipinski definition) is 3. The van der Waals surface area contributed by atoms with Crippen molar-refractivity contribution in [1.29, 1.82) is 0 Å². The molecule has 1 unspecified atom stereocenters. The molecule has 2 rings (SSSR count). The molecule has 2 amide bonds. The molecule has 1 aromatic carbocycles. The van der Waals surface area contributed by atoms with Gasteiger partial charge in [-0.15, -0.1) is 0 Å². The SMILES string of the molecule is NC(=O)c1cc(NC(=O)C2CNCCO2)ccc1Cl. The number of rotatable bonds is 3. The normalized spacial score (nSPS) is 18.9. The van der Waals surface area contributed by atoms with Crippen LogP contribution in [0.4, 0.5) is 5.69 Å². The molecule has 1 saturated heterocycles. The maximum Gasteiger partial charge on any atom is 0.254 e. The lowest BCUT2D eigenvalue weighted by atomic mass is 10.2. The fourth-order valence-electron chi connectivity index (χ4n) is 1.75. The van der Waals surface area contributed by atoms with Gasteiger partial charge in [0.05, 0.1) is 17.2 Å². The Morgan fingerprint density at radius 3 is 2.89 bits per heavy atom. The van der Waals surface area contributed by atoms with Crippen LogP contribution in [0, 0.1) is 0 Å². The van der Waals surface area contributed by atoms with Gasteiger partial charge in [0.25, 0.3) is 5.91 Å². The molecule has 1 heterocycles. The third-order valence-corrected chi connectivity index (χ3v) is 3.05. The Kier molecular flexibility index (Phi) is 4.36. The van der Waals surface area contributed by atoms with Crippen molar-refractivity contribution in [3.8, 4) is 0 Å². The average molecular weight is 284 g/mol. The van der Waals surface area contributed by atoms with E-state index in [4.69, 9.17) is 22.1 Å². The Morgan fingerprint density at radius 2 is 2.26 bits per heavy atom. The summed E-state index contributed by atoms with van der Waals surface area (Å²) in [6.45, 7) is 1.68. The maximum absolute atomic E-state index is 11.9. The van der Waals surface area contributed by atoms with Crippen LogP contribution in [-0.4, -0.2) is 37.6 Å². The minimum Gasteiger partial charge on any atom is -0.366 e. The molecule has 7 heteroatoms. The van der Waals surface area contributed by atoms with Gasteiger partial charge in [0.2, 0.25) is 5.91 Å². The summed E-state index contributed by atoms with van der Waals surface area (Å²) in [4.78, 5) is 23.1. The van der Waals surface area contributed by atoms with E-state index in [2.05, 4.69) is 10.6 Å². The van der Waals surface area contributed by atoms with E-state index in [1.54, 1.807) is 6.07 Å². The van der Waals surface area contributed by atoms with Gasteiger partial charge in [0.1, 0.15) is 6.10 Å². The number of nitrogens with two attached hydrogens (primary N) is 1. The van der Waals surface area contributed by atoms with Gasteiger partial charge < -0.3 is 21.1 Å². The lowest BCUT2D eigenvalue weighted by Gasteiger charge is -2.22. The number of primary amides is 1.